The van der Waals surface area contributed by atoms with Crippen LogP contribution in [0.5, 0.6) is 0 Å². The van der Waals surface area contributed by atoms with Gasteiger partial charge in [0.25, 0.3) is 5.78 Å². The normalized spacial score (nSPS) is 18.7. The van der Waals surface area contributed by atoms with Crippen LogP contribution in [-0.2, 0) is 4.74 Å². The third-order valence-electron chi connectivity index (χ3n) is 4.15. The highest BCUT2D eigenvalue weighted by atomic mass is 32.1. The molecule has 8 heteroatoms. The molecule has 3 aromatic heterocycles. The van der Waals surface area contributed by atoms with E-state index in [1.807, 2.05) is 6.92 Å². The molecule has 0 radical (unpaired) electrons. The summed E-state index contributed by atoms with van der Waals surface area (Å²) in [6.45, 7) is 8.52. The van der Waals surface area contributed by atoms with Gasteiger partial charge in [-0.3, -0.25) is 0 Å². The monoisotopic (exact) mass is 344 g/mol. The van der Waals surface area contributed by atoms with Gasteiger partial charge in [-0.05, 0) is 12.8 Å². The van der Waals surface area contributed by atoms with Gasteiger partial charge in [-0.2, -0.15) is 14.6 Å². The summed E-state index contributed by atoms with van der Waals surface area (Å²) < 4.78 is 7.75. The van der Waals surface area contributed by atoms with E-state index in [9.17, 15) is 0 Å². The molecule has 1 aliphatic rings. The molecule has 7 nitrogen and oxygen atoms in total. The van der Waals surface area contributed by atoms with Crippen molar-refractivity contribution in [2.24, 2.45) is 0 Å². The molecule has 1 aliphatic heterocycles. The number of hydrogen-bond donors (Lipinski definition) is 0. The molecule has 1 atom stereocenters. The third kappa shape index (κ3) is 2.76. The highest BCUT2D eigenvalue weighted by Crippen LogP contribution is 2.29. The zero-order valence-electron chi connectivity index (χ0n) is 14.0. The Hall–Kier alpha value is -2.06. The minimum absolute atomic E-state index is 0.00770. The lowest BCUT2D eigenvalue weighted by molar-refractivity contribution is 0.0391. The van der Waals surface area contributed by atoms with Gasteiger partial charge in [0.05, 0.1) is 18.8 Å². The number of hydrogen-bond acceptors (Lipinski definition) is 7. The lowest BCUT2D eigenvalue weighted by Crippen LogP contribution is -2.39. The number of anilines is 1. The SMILES string of the molecule is Cc1csc([C@H]2CN(c3cc(C(C)C)nc4ncnn34)CCO2)n1. The van der Waals surface area contributed by atoms with Crippen LogP contribution < -0.4 is 4.90 Å². The average Bonchev–Trinajstić information content (AvgIpc) is 3.22. The lowest BCUT2D eigenvalue weighted by atomic mass is 10.1. The first kappa shape index (κ1) is 15.5. The molecular formula is C16H20N6OS. The number of aryl methyl sites for hydroxylation is 1. The first-order valence-electron chi connectivity index (χ1n) is 8.11. The maximum atomic E-state index is 5.95. The molecule has 0 saturated carbocycles. The number of fused-ring (bicyclic) bond motifs is 1. The van der Waals surface area contributed by atoms with E-state index in [1.54, 1.807) is 22.2 Å². The molecule has 0 unspecified atom stereocenters. The van der Waals surface area contributed by atoms with E-state index in [-0.39, 0.29) is 6.10 Å². The Bertz CT molecular complexity index is 857. The summed E-state index contributed by atoms with van der Waals surface area (Å²) in [5.41, 5.74) is 2.07. The van der Waals surface area contributed by atoms with Gasteiger partial charge in [-0.15, -0.1) is 11.3 Å². The number of rotatable bonds is 3. The molecule has 126 valence electrons. The number of ether oxygens (including phenoxy) is 1. The van der Waals surface area contributed by atoms with Gasteiger partial charge < -0.3 is 9.64 Å². The summed E-state index contributed by atoms with van der Waals surface area (Å²) in [6.07, 6.45) is 1.55. The molecular weight excluding hydrogens is 324 g/mol. The van der Waals surface area contributed by atoms with Crippen LogP contribution in [0.3, 0.4) is 0 Å². The molecule has 4 heterocycles. The molecule has 24 heavy (non-hydrogen) atoms. The van der Waals surface area contributed by atoms with Gasteiger partial charge in [-0.1, -0.05) is 13.8 Å². The fourth-order valence-electron chi connectivity index (χ4n) is 2.86. The molecule has 0 N–H and O–H groups in total. The van der Waals surface area contributed by atoms with Crippen LogP contribution in [0, 0.1) is 6.92 Å². The molecule has 0 aliphatic carbocycles. The largest absolute Gasteiger partial charge is 0.367 e. The summed E-state index contributed by atoms with van der Waals surface area (Å²) in [5.74, 6) is 2.00. The summed E-state index contributed by atoms with van der Waals surface area (Å²) in [6, 6.07) is 2.11. The predicted octanol–water partition coefficient (Wildman–Crippen LogP) is 2.59. The minimum Gasteiger partial charge on any atom is -0.367 e. The van der Waals surface area contributed by atoms with Crippen molar-refractivity contribution < 1.29 is 4.74 Å². The van der Waals surface area contributed by atoms with Gasteiger partial charge in [0.2, 0.25) is 0 Å². The van der Waals surface area contributed by atoms with Crippen molar-refractivity contribution in [3.63, 3.8) is 0 Å². The Morgan fingerprint density at radius 2 is 2.21 bits per heavy atom. The first-order valence-corrected chi connectivity index (χ1v) is 8.99. The topological polar surface area (TPSA) is 68.4 Å². The van der Waals surface area contributed by atoms with Gasteiger partial charge in [-0.25, -0.2) is 9.97 Å². The summed E-state index contributed by atoms with van der Waals surface area (Å²) >= 11 is 1.66. The lowest BCUT2D eigenvalue weighted by Gasteiger charge is -2.33. The van der Waals surface area contributed by atoms with Crippen LogP contribution in [0.2, 0.25) is 0 Å². The molecule has 0 aromatic carbocycles. The molecule has 1 fully saturated rings. The second-order valence-electron chi connectivity index (χ2n) is 6.30. The predicted molar refractivity (Wildman–Crippen MR) is 92.6 cm³/mol. The van der Waals surface area contributed by atoms with Gasteiger partial charge >= 0.3 is 0 Å². The summed E-state index contributed by atoms with van der Waals surface area (Å²) in [5, 5.41) is 7.44. The van der Waals surface area contributed by atoms with Crippen LogP contribution >= 0.6 is 11.3 Å². The van der Waals surface area contributed by atoms with Crippen molar-refractivity contribution in [2.75, 3.05) is 24.6 Å². The molecule has 3 aromatic rings. The molecule has 1 saturated heterocycles. The maximum absolute atomic E-state index is 5.95. The van der Waals surface area contributed by atoms with Crippen molar-refractivity contribution >= 4 is 22.9 Å². The Labute approximate surface area is 144 Å². The van der Waals surface area contributed by atoms with E-state index in [0.29, 0.717) is 18.3 Å². The molecule has 0 spiro atoms. The second-order valence-corrected chi connectivity index (χ2v) is 7.19. The van der Waals surface area contributed by atoms with E-state index >= 15 is 0 Å². The number of nitrogens with zero attached hydrogens (tertiary/aromatic N) is 6. The maximum Gasteiger partial charge on any atom is 0.254 e. The summed E-state index contributed by atoms with van der Waals surface area (Å²) in [7, 11) is 0. The number of morpholine rings is 1. The van der Waals surface area contributed by atoms with Crippen molar-refractivity contribution in [1.82, 2.24) is 24.6 Å². The Kier molecular flexibility index (Phi) is 3.93. The van der Waals surface area contributed by atoms with Crippen molar-refractivity contribution in [2.45, 2.75) is 32.8 Å². The van der Waals surface area contributed by atoms with Crippen LogP contribution in [-0.4, -0.2) is 44.3 Å². The van der Waals surface area contributed by atoms with E-state index < -0.39 is 0 Å². The van der Waals surface area contributed by atoms with Crippen LogP contribution in [0.4, 0.5) is 5.82 Å². The Balaban J connectivity index is 1.69. The third-order valence-corrected chi connectivity index (χ3v) is 5.20. The molecule has 0 bridgehead atoms. The highest BCUT2D eigenvalue weighted by Gasteiger charge is 2.26. The smallest absolute Gasteiger partial charge is 0.254 e. The fraction of sp³-hybridized carbons (Fsp3) is 0.500. The van der Waals surface area contributed by atoms with E-state index in [0.717, 1.165) is 35.3 Å². The van der Waals surface area contributed by atoms with Crippen LogP contribution in [0.1, 0.15) is 42.3 Å². The average molecular weight is 344 g/mol. The second kappa shape index (κ2) is 6.10. The number of aromatic nitrogens is 5. The zero-order chi connectivity index (χ0) is 16.7. The van der Waals surface area contributed by atoms with Crippen LogP contribution in [0.25, 0.3) is 5.78 Å². The molecule has 0 amide bonds. The Morgan fingerprint density at radius 1 is 1.33 bits per heavy atom. The van der Waals surface area contributed by atoms with Gasteiger partial charge in [0, 0.05) is 23.7 Å². The Morgan fingerprint density at radius 3 is 2.96 bits per heavy atom. The highest BCUT2D eigenvalue weighted by molar-refractivity contribution is 7.09. The molecule has 4 rings (SSSR count). The first-order chi connectivity index (χ1) is 11.6. The van der Waals surface area contributed by atoms with Gasteiger partial charge in [0.15, 0.2) is 0 Å². The van der Waals surface area contributed by atoms with E-state index in [4.69, 9.17) is 4.74 Å². The minimum atomic E-state index is -0.00770. The van der Waals surface area contributed by atoms with E-state index in [2.05, 4.69) is 50.2 Å². The van der Waals surface area contributed by atoms with Crippen molar-refractivity contribution in [1.29, 1.82) is 0 Å². The summed E-state index contributed by atoms with van der Waals surface area (Å²) in [4.78, 5) is 15.7. The fourth-order valence-corrected chi connectivity index (χ4v) is 3.70. The number of thiazole rings is 1. The van der Waals surface area contributed by atoms with Crippen molar-refractivity contribution in [3.8, 4) is 0 Å². The standard InChI is InChI=1S/C16H20N6OS/c1-10(2)12-6-14(22-16(20-12)17-9-18-22)21-4-5-23-13(7-21)15-19-11(3)8-24-15/h6,8-10,13H,4-5,7H2,1-3H3/t13-/m1/s1. The zero-order valence-corrected chi connectivity index (χ0v) is 14.8. The van der Waals surface area contributed by atoms with Crippen molar-refractivity contribution in [3.05, 3.63) is 34.2 Å². The van der Waals surface area contributed by atoms with Crippen LogP contribution in [0.15, 0.2) is 17.8 Å². The quantitative estimate of drug-likeness (QED) is 0.727. The van der Waals surface area contributed by atoms with Gasteiger partial charge in [0.1, 0.15) is 23.3 Å². The van der Waals surface area contributed by atoms with E-state index in [1.165, 1.54) is 0 Å².